The molecule has 3 N–H and O–H groups in total. The minimum Gasteiger partial charge on any atom is -0.489 e. The van der Waals surface area contributed by atoms with Crippen LogP contribution in [-0.4, -0.2) is 25.1 Å². The van der Waals surface area contributed by atoms with Crippen molar-refractivity contribution in [2.75, 3.05) is 13.1 Å². The van der Waals surface area contributed by atoms with Crippen LogP contribution in [0.15, 0.2) is 30.3 Å². The number of nitrogens with two attached hydrogens (primary N) is 1. The summed E-state index contributed by atoms with van der Waals surface area (Å²) in [5.41, 5.74) is 5.27. The van der Waals surface area contributed by atoms with Crippen molar-refractivity contribution in [1.29, 1.82) is 0 Å². The van der Waals surface area contributed by atoms with Gasteiger partial charge in [0.2, 0.25) is 5.91 Å². The summed E-state index contributed by atoms with van der Waals surface area (Å²) >= 11 is 0. The summed E-state index contributed by atoms with van der Waals surface area (Å²) in [6, 6.07) is 9.53. The van der Waals surface area contributed by atoms with E-state index in [0.29, 0.717) is 19.5 Å². The molecule has 1 aromatic carbocycles. The van der Waals surface area contributed by atoms with E-state index in [1.54, 1.807) is 0 Å². The average molecular weight is 222 g/mol. The molecule has 0 fully saturated rings. The molecule has 0 aliphatic heterocycles. The van der Waals surface area contributed by atoms with Gasteiger partial charge in [0.1, 0.15) is 11.9 Å². The maximum absolute atomic E-state index is 11.2. The molecule has 1 amide bonds. The number of ether oxygens (including phenoxy) is 1. The second kappa shape index (κ2) is 6.85. The van der Waals surface area contributed by atoms with E-state index >= 15 is 0 Å². The smallest absolute Gasteiger partial charge is 0.221 e. The van der Waals surface area contributed by atoms with Gasteiger partial charge in [-0.3, -0.25) is 4.79 Å². The molecule has 0 spiro atoms. The molecule has 0 radical (unpaired) electrons. The Labute approximate surface area is 95.8 Å². The number of rotatable bonds is 6. The Morgan fingerprint density at radius 3 is 2.75 bits per heavy atom. The number of amides is 1. The van der Waals surface area contributed by atoms with Gasteiger partial charge in [-0.2, -0.15) is 0 Å². The highest BCUT2D eigenvalue weighted by Crippen LogP contribution is 2.10. The van der Waals surface area contributed by atoms with Crippen molar-refractivity contribution in [3.63, 3.8) is 0 Å². The fourth-order valence-corrected chi connectivity index (χ4v) is 1.25. The number of hydrogen-bond donors (Lipinski definition) is 2. The van der Waals surface area contributed by atoms with Crippen molar-refractivity contribution in [1.82, 2.24) is 5.32 Å². The van der Waals surface area contributed by atoms with E-state index in [9.17, 15) is 4.79 Å². The van der Waals surface area contributed by atoms with Gasteiger partial charge in [-0.05, 0) is 19.1 Å². The van der Waals surface area contributed by atoms with Gasteiger partial charge in [-0.1, -0.05) is 18.2 Å². The molecule has 1 rings (SSSR count). The molecule has 0 saturated carbocycles. The predicted molar refractivity (Wildman–Crippen MR) is 63.2 cm³/mol. The highest BCUT2D eigenvalue weighted by Gasteiger charge is 2.05. The summed E-state index contributed by atoms with van der Waals surface area (Å²) < 4.78 is 5.60. The molecule has 0 aliphatic carbocycles. The Bertz CT molecular complexity index is 314. The third kappa shape index (κ3) is 4.79. The molecule has 1 unspecified atom stereocenters. The quantitative estimate of drug-likeness (QED) is 0.752. The van der Waals surface area contributed by atoms with Gasteiger partial charge in [0.25, 0.3) is 0 Å². The van der Waals surface area contributed by atoms with E-state index < -0.39 is 0 Å². The Balaban J connectivity index is 2.26. The summed E-state index contributed by atoms with van der Waals surface area (Å²) in [7, 11) is 0. The van der Waals surface area contributed by atoms with Gasteiger partial charge in [-0.15, -0.1) is 0 Å². The number of benzene rings is 1. The summed E-state index contributed by atoms with van der Waals surface area (Å²) in [6.07, 6.45) is 0.307. The molecule has 1 aromatic rings. The SMILES string of the molecule is CC(CNC(=O)CCN)Oc1ccccc1. The third-order valence-electron chi connectivity index (χ3n) is 2.04. The second-order valence-electron chi connectivity index (χ2n) is 3.58. The summed E-state index contributed by atoms with van der Waals surface area (Å²) in [5.74, 6) is 0.772. The molecule has 88 valence electrons. The van der Waals surface area contributed by atoms with Gasteiger partial charge in [0.05, 0.1) is 6.54 Å². The standard InChI is InChI=1S/C12H18N2O2/c1-10(9-14-12(15)7-8-13)16-11-5-3-2-4-6-11/h2-6,10H,7-9,13H2,1H3,(H,14,15). The number of carbonyl (C=O) groups excluding carboxylic acids is 1. The van der Waals surface area contributed by atoms with Crippen molar-refractivity contribution < 1.29 is 9.53 Å². The van der Waals surface area contributed by atoms with Gasteiger partial charge in [-0.25, -0.2) is 0 Å². The zero-order valence-electron chi connectivity index (χ0n) is 9.48. The molecule has 0 aliphatic rings. The van der Waals surface area contributed by atoms with Crippen LogP contribution in [0.2, 0.25) is 0 Å². The van der Waals surface area contributed by atoms with E-state index in [0.717, 1.165) is 5.75 Å². The van der Waals surface area contributed by atoms with Crippen LogP contribution < -0.4 is 15.8 Å². The molecule has 4 nitrogen and oxygen atoms in total. The van der Waals surface area contributed by atoms with Gasteiger partial charge >= 0.3 is 0 Å². The summed E-state index contributed by atoms with van der Waals surface area (Å²) in [5, 5.41) is 2.76. The van der Waals surface area contributed by atoms with Crippen LogP contribution >= 0.6 is 0 Å². The van der Waals surface area contributed by atoms with Crippen molar-refractivity contribution in [2.45, 2.75) is 19.4 Å². The number of hydrogen-bond acceptors (Lipinski definition) is 3. The Morgan fingerprint density at radius 2 is 2.12 bits per heavy atom. The minimum atomic E-state index is -0.0517. The summed E-state index contributed by atoms with van der Waals surface area (Å²) in [6.45, 7) is 2.78. The molecule has 16 heavy (non-hydrogen) atoms. The van der Waals surface area contributed by atoms with Crippen molar-refractivity contribution in [3.05, 3.63) is 30.3 Å². The van der Waals surface area contributed by atoms with Crippen LogP contribution in [0.25, 0.3) is 0 Å². The third-order valence-corrected chi connectivity index (χ3v) is 2.04. The fourth-order valence-electron chi connectivity index (χ4n) is 1.25. The Kier molecular flexibility index (Phi) is 5.36. The lowest BCUT2D eigenvalue weighted by Gasteiger charge is -2.15. The number of nitrogens with one attached hydrogen (secondary N) is 1. The zero-order chi connectivity index (χ0) is 11.8. The Morgan fingerprint density at radius 1 is 1.44 bits per heavy atom. The largest absolute Gasteiger partial charge is 0.489 e. The van der Waals surface area contributed by atoms with Crippen LogP contribution in [0.3, 0.4) is 0 Å². The van der Waals surface area contributed by atoms with Crippen LogP contribution in [0.5, 0.6) is 5.75 Å². The lowest BCUT2D eigenvalue weighted by Crippen LogP contribution is -2.34. The maximum atomic E-state index is 11.2. The highest BCUT2D eigenvalue weighted by molar-refractivity contribution is 5.76. The average Bonchev–Trinajstić information content (AvgIpc) is 2.28. The molecular weight excluding hydrogens is 204 g/mol. The van der Waals surface area contributed by atoms with Crippen molar-refractivity contribution in [3.8, 4) is 5.75 Å². The molecular formula is C12H18N2O2. The topological polar surface area (TPSA) is 64.4 Å². The summed E-state index contributed by atoms with van der Waals surface area (Å²) in [4.78, 5) is 11.2. The first kappa shape index (κ1) is 12.5. The minimum absolute atomic E-state index is 0.0361. The Hall–Kier alpha value is -1.55. The lowest BCUT2D eigenvalue weighted by atomic mass is 10.3. The monoisotopic (exact) mass is 222 g/mol. The van der Waals surface area contributed by atoms with E-state index in [4.69, 9.17) is 10.5 Å². The molecule has 1 atom stereocenters. The predicted octanol–water partition coefficient (Wildman–Crippen LogP) is 0.919. The first-order valence-electron chi connectivity index (χ1n) is 5.41. The van der Waals surface area contributed by atoms with Gasteiger partial charge < -0.3 is 15.8 Å². The van der Waals surface area contributed by atoms with Crippen LogP contribution in [0.1, 0.15) is 13.3 Å². The van der Waals surface area contributed by atoms with Crippen molar-refractivity contribution in [2.24, 2.45) is 5.73 Å². The first-order valence-corrected chi connectivity index (χ1v) is 5.41. The van der Waals surface area contributed by atoms with E-state index in [1.165, 1.54) is 0 Å². The molecule has 0 aromatic heterocycles. The highest BCUT2D eigenvalue weighted by atomic mass is 16.5. The first-order chi connectivity index (χ1) is 7.72. The number of para-hydroxylation sites is 1. The van der Waals surface area contributed by atoms with E-state index in [2.05, 4.69) is 5.32 Å². The molecule has 0 saturated heterocycles. The van der Waals surface area contributed by atoms with Crippen LogP contribution in [0, 0.1) is 0 Å². The van der Waals surface area contributed by atoms with Gasteiger partial charge in [0, 0.05) is 13.0 Å². The maximum Gasteiger partial charge on any atom is 0.221 e. The normalized spacial score (nSPS) is 11.9. The molecule has 4 heteroatoms. The van der Waals surface area contributed by atoms with E-state index in [-0.39, 0.29) is 12.0 Å². The fraction of sp³-hybridized carbons (Fsp3) is 0.417. The van der Waals surface area contributed by atoms with Crippen LogP contribution in [-0.2, 0) is 4.79 Å². The second-order valence-corrected chi connectivity index (χ2v) is 3.58. The number of carbonyl (C=O) groups is 1. The van der Waals surface area contributed by atoms with E-state index in [1.807, 2.05) is 37.3 Å². The van der Waals surface area contributed by atoms with Crippen LogP contribution in [0.4, 0.5) is 0 Å². The van der Waals surface area contributed by atoms with Gasteiger partial charge in [0.15, 0.2) is 0 Å². The molecule has 0 heterocycles. The molecule has 0 bridgehead atoms. The van der Waals surface area contributed by atoms with Crippen molar-refractivity contribution >= 4 is 5.91 Å². The lowest BCUT2D eigenvalue weighted by molar-refractivity contribution is -0.121. The zero-order valence-corrected chi connectivity index (χ0v) is 9.48.